The van der Waals surface area contributed by atoms with Crippen LogP contribution in [0.1, 0.15) is 28.2 Å². The Morgan fingerprint density at radius 3 is 2.80 bits per heavy atom. The number of amides is 3. The van der Waals surface area contributed by atoms with Crippen LogP contribution in [0.15, 0.2) is 42.6 Å². The van der Waals surface area contributed by atoms with E-state index in [-0.39, 0.29) is 11.9 Å². The van der Waals surface area contributed by atoms with E-state index < -0.39 is 6.03 Å². The summed E-state index contributed by atoms with van der Waals surface area (Å²) in [6.45, 7) is 3.68. The average molecular weight is 425 g/mol. The zero-order valence-corrected chi connectivity index (χ0v) is 17.5. The fourth-order valence-electron chi connectivity index (χ4n) is 3.62. The molecule has 30 heavy (non-hydrogen) atoms. The molecule has 4 rings (SSSR count). The Kier molecular flexibility index (Phi) is 5.82. The number of anilines is 1. The van der Waals surface area contributed by atoms with Crippen LogP contribution in [0.5, 0.6) is 0 Å². The highest BCUT2D eigenvalue weighted by Crippen LogP contribution is 2.37. The van der Waals surface area contributed by atoms with Gasteiger partial charge in [-0.1, -0.05) is 18.2 Å². The van der Waals surface area contributed by atoms with Crippen molar-refractivity contribution in [3.8, 4) is 16.1 Å². The highest BCUT2D eigenvalue weighted by molar-refractivity contribution is 7.18. The molecule has 156 valence electrons. The number of aromatic nitrogens is 2. The van der Waals surface area contributed by atoms with Crippen LogP contribution in [0.2, 0.25) is 0 Å². The molecule has 3 heterocycles. The van der Waals surface area contributed by atoms with Crippen molar-refractivity contribution in [2.24, 2.45) is 5.73 Å². The first-order valence-corrected chi connectivity index (χ1v) is 10.7. The van der Waals surface area contributed by atoms with Crippen molar-refractivity contribution in [3.63, 3.8) is 0 Å². The predicted octanol–water partition coefficient (Wildman–Crippen LogP) is 2.88. The van der Waals surface area contributed by atoms with Gasteiger partial charge in [-0.25, -0.2) is 9.48 Å². The zero-order chi connectivity index (χ0) is 21.1. The first-order valence-electron chi connectivity index (χ1n) is 9.85. The van der Waals surface area contributed by atoms with Crippen LogP contribution >= 0.6 is 11.3 Å². The van der Waals surface area contributed by atoms with Gasteiger partial charge >= 0.3 is 6.03 Å². The monoisotopic (exact) mass is 424 g/mol. The number of nitrogens with zero attached hydrogens (tertiary/aromatic N) is 2. The Hall–Kier alpha value is -3.17. The number of para-hydroxylation sites is 1. The standard InChI is InChI=1S/C21H24N6O2S/c1-13-16(12-24-27(13)15-7-3-2-4-8-15)18-10-17(26-21(22)29)19(30-18)20(28)25-14-6-5-9-23-11-14/h2-4,7-8,10,12,14,23H,5-6,9,11H2,1H3,(H,25,28)(H3,22,26,29)/t14-/m0/s1. The summed E-state index contributed by atoms with van der Waals surface area (Å²) < 4.78 is 1.85. The molecule has 0 spiro atoms. The van der Waals surface area contributed by atoms with E-state index in [0.717, 1.165) is 47.8 Å². The molecular formula is C21H24N6O2S. The predicted molar refractivity (Wildman–Crippen MR) is 118 cm³/mol. The second-order valence-corrected chi connectivity index (χ2v) is 8.30. The van der Waals surface area contributed by atoms with Gasteiger partial charge in [0.15, 0.2) is 0 Å². The van der Waals surface area contributed by atoms with Crippen molar-refractivity contribution < 1.29 is 9.59 Å². The van der Waals surface area contributed by atoms with E-state index in [0.29, 0.717) is 10.6 Å². The maximum absolute atomic E-state index is 12.9. The minimum atomic E-state index is -0.704. The summed E-state index contributed by atoms with van der Waals surface area (Å²) in [6.07, 6.45) is 3.72. The van der Waals surface area contributed by atoms with E-state index in [4.69, 9.17) is 5.73 Å². The molecule has 1 saturated heterocycles. The summed E-state index contributed by atoms with van der Waals surface area (Å²) >= 11 is 1.32. The molecule has 0 bridgehead atoms. The third kappa shape index (κ3) is 4.22. The number of primary amides is 1. The minimum absolute atomic E-state index is 0.0702. The van der Waals surface area contributed by atoms with Crippen LogP contribution < -0.4 is 21.7 Å². The first-order chi connectivity index (χ1) is 14.5. The van der Waals surface area contributed by atoms with Gasteiger partial charge in [-0.15, -0.1) is 11.3 Å². The number of carbonyl (C=O) groups is 2. The number of nitrogens with two attached hydrogens (primary N) is 1. The molecule has 5 N–H and O–H groups in total. The van der Waals surface area contributed by atoms with Crippen molar-refractivity contribution in [1.29, 1.82) is 0 Å². The number of urea groups is 1. The van der Waals surface area contributed by atoms with Gasteiger partial charge in [0, 0.05) is 28.7 Å². The third-order valence-electron chi connectivity index (χ3n) is 5.10. The highest BCUT2D eigenvalue weighted by atomic mass is 32.1. The van der Waals surface area contributed by atoms with Crippen LogP contribution in [-0.4, -0.2) is 40.9 Å². The van der Waals surface area contributed by atoms with E-state index in [1.54, 1.807) is 12.3 Å². The third-order valence-corrected chi connectivity index (χ3v) is 6.27. The average Bonchev–Trinajstić information content (AvgIpc) is 3.32. The van der Waals surface area contributed by atoms with Crippen molar-refractivity contribution in [2.75, 3.05) is 18.4 Å². The van der Waals surface area contributed by atoms with Gasteiger partial charge in [0.05, 0.1) is 17.6 Å². The fraction of sp³-hybridized carbons (Fsp3) is 0.286. The number of hydrogen-bond donors (Lipinski definition) is 4. The number of nitrogens with one attached hydrogen (secondary N) is 3. The molecule has 0 saturated carbocycles. The molecule has 1 atom stereocenters. The van der Waals surface area contributed by atoms with Gasteiger partial charge in [-0.3, -0.25) is 4.79 Å². The van der Waals surface area contributed by atoms with Gasteiger partial charge in [0.25, 0.3) is 5.91 Å². The van der Waals surface area contributed by atoms with Gasteiger partial charge in [-0.05, 0) is 44.5 Å². The number of rotatable bonds is 5. The maximum Gasteiger partial charge on any atom is 0.316 e. The number of thiophene rings is 1. The van der Waals surface area contributed by atoms with E-state index >= 15 is 0 Å². The lowest BCUT2D eigenvalue weighted by Gasteiger charge is -2.23. The highest BCUT2D eigenvalue weighted by Gasteiger charge is 2.23. The smallest absolute Gasteiger partial charge is 0.316 e. The topological polar surface area (TPSA) is 114 Å². The summed E-state index contributed by atoms with van der Waals surface area (Å²) in [5, 5.41) is 13.4. The van der Waals surface area contributed by atoms with Crippen molar-refractivity contribution >= 4 is 29.0 Å². The van der Waals surface area contributed by atoms with Crippen molar-refractivity contribution in [2.45, 2.75) is 25.8 Å². The minimum Gasteiger partial charge on any atom is -0.351 e. The second-order valence-electron chi connectivity index (χ2n) is 7.25. The van der Waals surface area contributed by atoms with Crippen molar-refractivity contribution in [1.82, 2.24) is 20.4 Å². The molecule has 0 unspecified atom stereocenters. The lowest BCUT2D eigenvalue weighted by atomic mass is 10.1. The Balaban J connectivity index is 1.65. The van der Waals surface area contributed by atoms with E-state index in [1.807, 2.05) is 41.9 Å². The van der Waals surface area contributed by atoms with Gasteiger partial charge in [0.1, 0.15) is 4.88 Å². The van der Waals surface area contributed by atoms with Crippen LogP contribution in [0.4, 0.5) is 10.5 Å². The van der Waals surface area contributed by atoms with Gasteiger partial charge in [-0.2, -0.15) is 5.10 Å². The first kappa shape index (κ1) is 20.1. The summed E-state index contributed by atoms with van der Waals surface area (Å²) in [5.74, 6) is -0.211. The normalized spacial score (nSPS) is 16.2. The molecular weight excluding hydrogens is 400 g/mol. The molecule has 1 aliphatic rings. The summed E-state index contributed by atoms with van der Waals surface area (Å²) in [7, 11) is 0. The molecule has 3 aromatic rings. The lowest BCUT2D eigenvalue weighted by molar-refractivity contribution is 0.0935. The Morgan fingerprint density at radius 1 is 1.30 bits per heavy atom. The van der Waals surface area contributed by atoms with Crippen LogP contribution in [0.25, 0.3) is 16.1 Å². The molecule has 8 nitrogen and oxygen atoms in total. The van der Waals surface area contributed by atoms with E-state index in [9.17, 15) is 9.59 Å². The number of benzene rings is 1. The summed E-state index contributed by atoms with van der Waals surface area (Å²) in [6, 6.07) is 11.0. The largest absolute Gasteiger partial charge is 0.351 e. The van der Waals surface area contributed by atoms with Crippen LogP contribution in [-0.2, 0) is 0 Å². The SMILES string of the molecule is Cc1c(-c2cc(NC(N)=O)c(C(=O)N[C@H]3CCCNC3)s2)cnn1-c1ccccc1. The fourth-order valence-corrected chi connectivity index (χ4v) is 4.70. The summed E-state index contributed by atoms with van der Waals surface area (Å²) in [4.78, 5) is 25.7. The Bertz CT molecular complexity index is 1050. The molecule has 0 radical (unpaired) electrons. The number of piperidine rings is 1. The molecule has 1 aliphatic heterocycles. The van der Waals surface area contributed by atoms with E-state index in [2.05, 4.69) is 21.0 Å². The molecule has 1 fully saturated rings. The van der Waals surface area contributed by atoms with Gasteiger partial charge in [0.2, 0.25) is 0 Å². The summed E-state index contributed by atoms with van der Waals surface area (Å²) in [5.41, 5.74) is 8.54. The lowest BCUT2D eigenvalue weighted by Crippen LogP contribution is -2.45. The van der Waals surface area contributed by atoms with Crippen LogP contribution in [0.3, 0.4) is 0 Å². The molecule has 2 aromatic heterocycles. The number of hydrogen-bond acceptors (Lipinski definition) is 5. The zero-order valence-electron chi connectivity index (χ0n) is 16.6. The Labute approximate surface area is 178 Å². The van der Waals surface area contributed by atoms with Crippen molar-refractivity contribution in [3.05, 3.63) is 53.2 Å². The molecule has 3 amide bonds. The molecule has 9 heteroatoms. The maximum atomic E-state index is 12.9. The molecule has 0 aliphatic carbocycles. The van der Waals surface area contributed by atoms with Crippen LogP contribution in [0, 0.1) is 6.92 Å². The quantitative estimate of drug-likeness (QED) is 0.504. The Morgan fingerprint density at radius 2 is 2.10 bits per heavy atom. The van der Waals surface area contributed by atoms with Gasteiger partial charge < -0.3 is 21.7 Å². The second kappa shape index (κ2) is 8.68. The molecule has 1 aromatic carbocycles. The van der Waals surface area contributed by atoms with E-state index in [1.165, 1.54) is 11.3 Å². The number of carbonyl (C=O) groups excluding carboxylic acids is 2.